The number of rotatable bonds is 5. The van der Waals surface area contributed by atoms with Crippen molar-refractivity contribution in [3.05, 3.63) is 72.1 Å². The molecule has 1 aliphatic rings. The van der Waals surface area contributed by atoms with Gasteiger partial charge in [-0.25, -0.2) is 0 Å². The number of benzene rings is 1. The molecule has 0 amide bonds. The van der Waals surface area contributed by atoms with Crippen LogP contribution in [0.25, 0.3) is 6.08 Å². The van der Waals surface area contributed by atoms with Gasteiger partial charge in [0.1, 0.15) is 0 Å². The van der Waals surface area contributed by atoms with Gasteiger partial charge in [0.2, 0.25) is 0 Å². The number of hydrogen-bond acceptors (Lipinski definition) is 3. The third-order valence-corrected chi connectivity index (χ3v) is 4.07. The van der Waals surface area contributed by atoms with E-state index in [1.54, 1.807) is 0 Å². The van der Waals surface area contributed by atoms with Crippen molar-refractivity contribution in [2.75, 3.05) is 32.7 Å². The van der Waals surface area contributed by atoms with Gasteiger partial charge in [-0.1, -0.05) is 48.6 Å². The standard InChI is InChI=1S/C19H23N3/c1-2-6-18(7-3-1)9-5-11-21-12-14-22(15-13-21)17-19-8-4-10-20-16-19/h1-10,16H,11-15,17H2. The van der Waals surface area contributed by atoms with Gasteiger partial charge in [0.25, 0.3) is 0 Å². The molecule has 0 unspecified atom stereocenters. The van der Waals surface area contributed by atoms with Crippen LogP contribution >= 0.6 is 0 Å². The van der Waals surface area contributed by atoms with Crippen LogP contribution in [0.5, 0.6) is 0 Å². The molecule has 3 heteroatoms. The van der Waals surface area contributed by atoms with Crippen LogP contribution in [0.1, 0.15) is 11.1 Å². The van der Waals surface area contributed by atoms with E-state index >= 15 is 0 Å². The molecule has 3 nitrogen and oxygen atoms in total. The molecule has 1 saturated heterocycles. The lowest BCUT2D eigenvalue weighted by atomic mass is 10.2. The van der Waals surface area contributed by atoms with Gasteiger partial charge in [-0.15, -0.1) is 0 Å². The summed E-state index contributed by atoms with van der Waals surface area (Å²) in [6.45, 7) is 6.60. The number of pyridine rings is 1. The van der Waals surface area contributed by atoms with Crippen molar-refractivity contribution in [3.8, 4) is 0 Å². The molecule has 114 valence electrons. The highest BCUT2D eigenvalue weighted by Crippen LogP contribution is 2.08. The van der Waals surface area contributed by atoms with Gasteiger partial charge in [-0.05, 0) is 17.2 Å². The van der Waals surface area contributed by atoms with Crippen molar-refractivity contribution in [1.82, 2.24) is 14.8 Å². The van der Waals surface area contributed by atoms with Crippen LogP contribution in [0.3, 0.4) is 0 Å². The minimum Gasteiger partial charge on any atom is -0.297 e. The van der Waals surface area contributed by atoms with E-state index < -0.39 is 0 Å². The summed E-state index contributed by atoms with van der Waals surface area (Å²) in [7, 11) is 0. The van der Waals surface area contributed by atoms with E-state index in [4.69, 9.17) is 0 Å². The average Bonchev–Trinajstić information content (AvgIpc) is 2.58. The molecule has 1 aromatic carbocycles. The molecule has 1 aliphatic heterocycles. The molecule has 0 N–H and O–H groups in total. The first-order chi connectivity index (χ1) is 10.9. The quantitative estimate of drug-likeness (QED) is 0.845. The highest BCUT2D eigenvalue weighted by molar-refractivity contribution is 5.48. The molecule has 0 saturated carbocycles. The van der Waals surface area contributed by atoms with Gasteiger partial charge in [0, 0.05) is 51.7 Å². The van der Waals surface area contributed by atoms with Crippen LogP contribution in [0.2, 0.25) is 0 Å². The monoisotopic (exact) mass is 293 g/mol. The average molecular weight is 293 g/mol. The summed E-state index contributed by atoms with van der Waals surface area (Å²) in [4.78, 5) is 9.21. The Labute approximate surface area is 132 Å². The van der Waals surface area contributed by atoms with Gasteiger partial charge in [0.15, 0.2) is 0 Å². The molecule has 22 heavy (non-hydrogen) atoms. The third-order valence-electron chi connectivity index (χ3n) is 4.07. The van der Waals surface area contributed by atoms with E-state index in [0.717, 1.165) is 39.3 Å². The summed E-state index contributed by atoms with van der Waals surface area (Å²) in [6.07, 6.45) is 8.28. The Morgan fingerprint density at radius 3 is 2.41 bits per heavy atom. The summed E-state index contributed by atoms with van der Waals surface area (Å²) < 4.78 is 0. The van der Waals surface area contributed by atoms with Crippen LogP contribution in [0, 0.1) is 0 Å². The van der Waals surface area contributed by atoms with Gasteiger partial charge in [-0.2, -0.15) is 0 Å². The zero-order valence-electron chi connectivity index (χ0n) is 12.9. The number of hydrogen-bond donors (Lipinski definition) is 0. The summed E-state index contributed by atoms with van der Waals surface area (Å²) in [5, 5.41) is 0. The summed E-state index contributed by atoms with van der Waals surface area (Å²) in [6, 6.07) is 14.7. The topological polar surface area (TPSA) is 19.4 Å². The molecule has 0 radical (unpaired) electrons. The molecule has 1 aromatic heterocycles. The van der Waals surface area contributed by atoms with Crippen molar-refractivity contribution in [2.45, 2.75) is 6.54 Å². The molecule has 3 rings (SSSR count). The first-order valence-electron chi connectivity index (χ1n) is 7.95. The molecule has 2 heterocycles. The number of aromatic nitrogens is 1. The fourth-order valence-electron chi connectivity index (χ4n) is 2.78. The molecule has 0 bridgehead atoms. The molecular weight excluding hydrogens is 270 g/mol. The lowest BCUT2D eigenvalue weighted by Crippen LogP contribution is -2.45. The Kier molecular flexibility index (Phi) is 5.35. The smallest absolute Gasteiger partial charge is 0.0312 e. The van der Waals surface area contributed by atoms with Gasteiger partial charge in [-0.3, -0.25) is 14.8 Å². The second-order valence-corrected chi connectivity index (χ2v) is 5.75. The molecule has 0 spiro atoms. The van der Waals surface area contributed by atoms with Gasteiger partial charge < -0.3 is 0 Å². The second kappa shape index (κ2) is 7.87. The number of piperazine rings is 1. The van der Waals surface area contributed by atoms with E-state index in [9.17, 15) is 0 Å². The largest absolute Gasteiger partial charge is 0.297 e. The first-order valence-corrected chi connectivity index (χ1v) is 7.95. The Hall–Kier alpha value is -1.97. The fraction of sp³-hybridized carbons (Fsp3) is 0.316. The minimum absolute atomic E-state index is 1.02. The van der Waals surface area contributed by atoms with Crippen LogP contribution in [-0.2, 0) is 6.54 Å². The first kappa shape index (κ1) is 14.9. The highest BCUT2D eigenvalue weighted by Gasteiger charge is 2.15. The molecule has 0 aliphatic carbocycles. The normalized spacial score (nSPS) is 17.1. The van der Waals surface area contributed by atoms with Crippen molar-refractivity contribution in [3.63, 3.8) is 0 Å². The number of nitrogens with zero attached hydrogens (tertiary/aromatic N) is 3. The lowest BCUT2D eigenvalue weighted by Gasteiger charge is -2.34. The second-order valence-electron chi connectivity index (χ2n) is 5.75. The predicted molar refractivity (Wildman–Crippen MR) is 91.4 cm³/mol. The molecule has 1 fully saturated rings. The molecule has 2 aromatic rings. The van der Waals surface area contributed by atoms with E-state index in [2.05, 4.69) is 63.3 Å². The maximum atomic E-state index is 4.19. The van der Waals surface area contributed by atoms with Crippen molar-refractivity contribution >= 4 is 6.08 Å². The third kappa shape index (κ3) is 4.52. The molecular formula is C19H23N3. The zero-order valence-corrected chi connectivity index (χ0v) is 12.9. The van der Waals surface area contributed by atoms with Gasteiger partial charge >= 0.3 is 0 Å². The maximum Gasteiger partial charge on any atom is 0.0312 e. The highest BCUT2D eigenvalue weighted by atomic mass is 15.3. The summed E-state index contributed by atoms with van der Waals surface area (Å²) in [5.74, 6) is 0. The van der Waals surface area contributed by atoms with Crippen molar-refractivity contribution in [2.24, 2.45) is 0 Å². The van der Waals surface area contributed by atoms with E-state index in [-0.39, 0.29) is 0 Å². The van der Waals surface area contributed by atoms with E-state index in [1.165, 1.54) is 11.1 Å². The van der Waals surface area contributed by atoms with E-state index in [1.807, 2.05) is 18.5 Å². The Balaban J connectivity index is 1.41. The Bertz CT molecular complexity index is 572. The Morgan fingerprint density at radius 2 is 1.68 bits per heavy atom. The van der Waals surface area contributed by atoms with Crippen LogP contribution < -0.4 is 0 Å². The van der Waals surface area contributed by atoms with Crippen molar-refractivity contribution in [1.29, 1.82) is 0 Å². The van der Waals surface area contributed by atoms with Crippen LogP contribution in [0.4, 0.5) is 0 Å². The van der Waals surface area contributed by atoms with Crippen LogP contribution in [-0.4, -0.2) is 47.5 Å². The van der Waals surface area contributed by atoms with Gasteiger partial charge in [0.05, 0.1) is 0 Å². The minimum atomic E-state index is 1.02. The van der Waals surface area contributed by atoms with Crippen molar-refractivity contribution < 1.29 is 0 Å². The Morgan fingerprint density at radius 1 is 0.909 bits per heavy atom. The van der Waals surface area contributed by atoms with E-state index in [0.29, 0.717) is 0 Å². The maximum absolute atomic E-state index is 4.19. The zero-order chi connectivity index (χ0) is 15.0. The molecule has 0 atom stereocenters. The lowest BCUT2D eigenvalue weighted by molar-refractivity contribution is 0.137. The SMILES string of the molecule is C(=Cc1ccccc1)CN1CCN(Cc2cccnc2)CC1. The summed E-state index contributed by atoms with van der Waals surface area (Å²) >= 11 is 0. The predicted octanol–water partition coefficient (Wildman–Crippen LogP) is 2.91. The fourth-order valence-corrected chi connectivity index (χ4v) is 2.78. The van der Waals surface area contributed by atoms with Crippen LogP contribution in [0.15, 0.2) is 60.9 Å². The summed E-state index contributed by atoms with van der Waals surface area (Å²) in [5.41, 5.74) is 2.58.